The number of ether oxygens (including phenoxy) is 3. The molecule has 0 aromatic heterocycles. The highest BCUT2D eigenvalue weighted by atomic mass is 16.5. The largest absolute Gasteiger partial charge is 0.497 e. The molecule has 4 rings (SSSR count). The van der Waals surface area contributed by atoms with Crippen molar-refractivity contribution in [2.45, 2.75) is 25.2 Å². The fraction of sp³-hybridized carbons (Fsp3) is 0.476. The van der Waals surface area contributed by atoms with Crippen LogP contribution in [0.15, 0.2) is 36.4 Å². The fourth-order valence-electron chi connectivity index (χ4n) is 4.42. The van der Waals surface area contributed by atoms with E-state index in [1.807, 2.05) is 36.4 Å². The first kappa shape index (κ1) is 19.4. The van der Waals surface area contributed by atoms with Gasteiger partial charge in [0.1, 0.15) is 17.9 Å². The molecule has 0 aliphatic carbocycles. The third kappa shape index (κ3) is 3.37. The van der Waals surface area contributed by atoms with Crippen molar-refractivity contribution in [3.8, 4) is 5.75 Å². The highest BCUT2D eigenvalue weighted by Gasteiger charge is 2.66. The summed E-state index contributed by atoms with van der Waals surface area (Å²) in [5, 5.41) is 2.91. The molecule has 2 saturated heterocycles. The maximum Gasteiger partial charge on any atom is 0.325 e. The van der Waals surface area contributed by atoms with Gasteiger partial charge in [0.2, 0.25) is 11.8 Å². The molecular formula is C21H24N2O6. The van der Waals surface area contributed by atoms with Crippen LogP contribution < -0.4 is 10.1 Å². The molecule has 2 amide bonds. The first-order chi connectivity index (χ1) is 14.0. The van der Waals surface area contributed by atoms with E-state index >= 15 is 0 Å². The van der Waals surface area contributed by atoms with Gasteiger partial charge in [-0.15, -0.1) is 0 Å². The zero-order chi connectivity index (χ0) is 20.6. The quantitative estimate of drug-likeness (QED) is 0.534. The molecular weight excluding hydrogens is 376 g/mol. The summed E-state index contributed by atoms with van der Waals surface area (Å²) in [6, 6.07) is 7.40. The maximum absolute atomic E-state index is 13.0. The number of esters is 1. The van der Waals surface area contributed by atoms with Gasteiger partial charge in [-0.25, -0.2) is 0 Å². The van der Waals surface area contributed by atoms with E-state index in [1.165, 1.54) is 4.90 Å². The lowest BCUT2D eigenvalue weighted by Gasteiger charge is -2.23. The molecule has 0 radical (unpaired) electrons. The predicted molar refractivity (Wildman–Crippen MR) is 102 cm³/mol. The van der Waals surface area contributed by atoms with Crippen molar-refractivity contribution in [3.05, 3.63) is 42.0 Å². The lowest BCUT2D eigenvalue weighted by atomic mass is 9.77. The van der Waals surface area contributed by atoms with Crippen LogP contribution in [0, 0.1) is 11.8 Å². The molecule has 4 atom stereocenters. The van der Waals surface area contributed by atoms with Gasteiger partial charge in [0.25, 0.3) is 0 Å². The average Bonchev–Trinajstić information content (AvgIpc) is 3.35. The Bertz CT molecular complexity index is 851. The van der Waals surface area contributed by atoms with Crippen molar-refractivity contribution in [3.63, 3.8) is 0 Å². The molecule has 0 unspecified atom stereocenters. The van der Waals surface area contributed by atoms with E-state index in [0.717, 1.165) is 11.3 Å². The number of fused-ring (bicyclic) bond motifs is 1. The first-order valence-electron chi connectivity index (χ1n) is 9.69. The number of hydrogen-bond acceptors (Lipinski definition) is 6. The van der Waals surface area contributed by atoms with E-state index in [0.29, 0.717) is 6.54 Å². The molecule has 0 saturated carbocycles. The zero-order valence-corrected chi connectivity index (χ0v) is 16.4. The molecule has 3 aliphatic rings. The average molecular weight is 400 g/mol. The van der Waals surface area contributed by atoms with E-state index in [-0.39, 0.29) is 31.5 Å². The van der Waals surface area contributed by atoms with Gasteiger partial charge in [-0.05, 0) is 24.6 Å². The van der Waals surface area contributed by atoms with Crippen LogP contribution in [0.1, 0.15) is 12.5 Å². The van der Waals surface area contributed by atoms with Crippen LogP contribution in [0.25, 0.3) is 0 Å². The summed E-state index contributed by atoms with van der Waals surface area (Å²) in [7, 11) is 1.60. The Morgan fingerprint density at radius 1 is 1.31 bits per heavy atom. The summed E-state index contributed by atoms with van der Waals surface area (Å²) in [5.74, 6) is -1.42. The van der Waals surface area contributed by atoms with Crippen LogP contribution in [0.4, 0.5) is 0 Å². The third-order valence-corrected chi connectivity index (χ3v) is 5.73. The summed E-state index contributed by atoms with van der Waals surface area (Å²) >= 11 is 0. The Morgan fingerprint density at radius 2 is 2.07 bits per heavy atom. The number of carbonyl (C=O) groups is 3. The van der Waals surface area contributed by atoms with Gasteiger partial charge in [0, 0.05) is 6.54 Å². The van der Waals surface area contributed by atoms with Crippen LogP contribution in [-0.4, -0.2) is 61.2 Å². The minimum Gasteiger partial charge on any atom is -0.497 e. The zero-order valence-electron chi connectivity index (χ0n) is 16.4. The lowest BCUT2D eigenvalue weighted by molar-refractivity contribution is -0.149. The van der Waals surface area contributed by atoms with Gasteiger partial charge in [0.05, 0.1) is 38.2 Å². The van der Waals surface area contributed by atoms with Crippen molar-refractivity contribution in [1.82, 2.24) is 10.2 Å². The fourth-order valence-corrected chi connectivity index (χ4v) is 4.42. The molecule has 8 heteroatoms. The van der Waals surface area contributed by atoms with Gasteiger partial charge in [-0.2, -0.15) is 0 Å². The molecule has 1 aromatic rings. The number of likely N-dealkylation sites (tertiary alicyclic amines) is 1. The normalized spacial score (nSPS) is 29.1. The van der Waals surface area contributed by atoms with Crippen LogP contribution in [0.5, 0.6) is 5.75 Å². The highest BCUT2D eigenvalue weighted by molar-refractivity contribution is 5.94. The standard InChI is InChI=1S/C21H24N2O6/c1-3-28-16(24)11-23-12-21-9-8-15(29-21)17(18(21)20(23)26)19(25)22-10-13-4-6-14(27-2)7-5-13/h4-9,15,17-18H,3,10-12H2,1-2H3,(H,22,25)/t15-,17+,18-,21-/m1/s1. The number of rotatable bonds is 7. The Morgan fingerprint density at radius 3 is 2.76 bits per heavy atom. The van der Waals surface area contributed by atoms with E-state index in [9.17, 15) is 14.4 Å². The molecule has 154 valence electrons. The Kier molecular flexibility index (Phi) is 5.04. The van der Waals surface area contributed by atoms with Crippen molar-refractivity contribution in [2.24, 2.45) is 11.8 Å². The minimum absolute atomic E-state index is 0.132. The van der Waals surface area contributed by atoms with E-state index in [1.54, 1.807) is 14.0 Å². The predicted octanol–water partition coefficient (Wildman–Crippen LogP) is 0.657. The van der Waals surface area contributed by atoms with Crippen LogP contribution in [-0.2, 0) is 30.4 Å². The number of hydrogen-bond donors (Lipinski definition) is 1. The minimum atomic E-state index is -0.837. The van der Waals surface area contributed by atoms with E-state index in [4.69, 9.17) is 14.2 Å². The van der Waals surface area contributed by atoms with E-state index < -0.39 is 29.5 Å². The topological polar surface area (TPSA) is 94.2 Å². The second-order valence-electron chi connectivity index (χ2n) is 7.47. The van der Waals surface area contributed by atoms with Gasteiger partial charge in [0.15, 0.2) is 0 Å². The molecule has 1 N–H and O–H groups in total. The Balaban J connectivity index is 1.44. The molecule has 2 fully saturated rings. The number of nitrogens with one attached hydrogen (secondary N) is 1. The third-order valence-electron chi connectivity index (χ3n) is 5.73. The number of carbonyl (C=O) groups excluding carboxylic acids is 3. The monoisotopic (exact) mass is 400 g/mol. The van der Waals surface area contributed by atoms with Crippen LogP contribution in [0.3, 0.4) is 0 Å². The number of nitrogens with zero attached hydrogens (tertiary/aromatic N) is 1. The SMILES string of the molecule is CCOC(=O)CN1C[C@@]23C=C[C@@H](O2)[C@H](C(=O)NCc2ccc(OC)cc2)[C@@H]3C1=O. The van der Waals surface area contributed by atoms with Crippen LogP contribution in [0.2, 0.25) is 0 Å². The van der Waals surface area contributed by atoms with Gasteiger partial charge in [-0.1, -0.05) is 24.3 Å². The van der Waals surface area contributed by atoms with Crippen molar-refractivity contribution >= 4 is 17.8 Å². The number of methoxy groups -OCH3 is 1. The molecule has 3 aliphatic heterocycles. The van der Waals surface area contributed by atoms with Crippen molar-refractivity contribution < 1.29 is 28.6 Å². The maximum atomic E-state index is 13.0. The smallest absolute Gasteiger partial charge is 0.325 e. The summed E-state index contributed by atoms with van der Waals surface area (Å²) in [5.41, 5.74) is 0.0891. The molecule has 1 aromatic carbocycles. The van der Waals surface area contributed by atoms with Gasteiger partial charge < -0.3 is 24.4 Å². The number of benzene rings is 1. The van der Waals surface area contributed by atoms with Crippen molar-refractivity contribution in [1.29, 1.82) is 0 Å². The summed E-state index contributed by atoms with van der Waals surface area (Å²) < 4.78 is 16.1. The number of amides is 2. The summed E-state index contributed by atoms with van der Waals surface area (Å²) in [6.07, 6.45) is 3.28. The Labute approximate surface area is 168 Å². The summed E-state index contributed by atoms with van der Waals surface area (Å²) in [4.78, 5) is 39.2. The molecule has 3 heterocycles. The summed E-state index contributed by atoms with van der Waals surface area (Å²) in [6.45, 7) is 2.44. The lowest BCUT2D eigenvalue weighted by Crippen LogP contribution is -2.44. The molecule has 29 heavy (non-hydrogen) atoms. The molecule has 1 spiro atoms. The Hall–Kier alpha value is -2.87. The van der Waals surface area contributed by atoms with Crippen LogP contribution >= 0.6 is 0 Å². The second-order valence-corrected chi connectivity index (χ2v) is 7.47. The molecule has 8 nitrogen and oxygen atoms in total. The van der Waals surface area contributed by atoms with Gasteiger partial charge in [-0.3, -0.25) is 14.4 Å². The van der Waals surface area contributed by atoms with Crippen molar-refractivity contribution in [2.75, 3.05) is 26.8 Å². The van der Waals surface area contributed by atoms with Gasteiger partial charge >= 0.3 is 5.97 Å². The molecule has 2 bridgehead atoms. The first-order valence-corrected chi connectivity index (χ1v) is 9.69. The van der Waals surface area contributed by atoms with E-state index in [2.05, 4.69) is 5.32 Å². The highest BCUT2D eigenvalue weighted by Crippen LogP contribution is 2.51. The second kappa shape index (κ2) is 7.51.